The lowest BCUT2D eigenvalue weighted by molar-refractivity contribution is -0.121. The number of benzene rings is 1. The molecule has 2 rings (SSSR count). The number of hydrogen-bond donors (Lipinski definition) is 1. The van der Waals surface area contributed by atoms with Crippen LogP contribution in [0.3, 0.4) is 0 Å². The van der Waals surface area contributed by atoms with Crippen molar-refractivity contribution in [3.63, 3.8) is 0 Å². The van der Waals surface area contributed by atoms with Crippen LogP contribution in [-0.4, -0.2) is 12.5 Å². The summed E-state index contributed by atoms with van der Waals surface area (Å²) in [5, 5.41) is 12.1. The minimum atomic E-state index is -0.692. The van der Waals surface area contributed by atoms with E-state index in [0.717, 1.165) is 17.9 Å². The van der Waals surface area contributed by atoms with Gasteiger partial charge >= 0.3 is 0 Å². The van der Waals surface area contributed by atoms with Crippen LogP contribution in [0.4, 0.5) is 0 Å². The molecule has 1 aliphatic rings. The molecule has 0 saturated heterocycles. The van der Waals surface area contributed by atoms with Gasteiger partial charge in [-0.25, -0.2) is 0 Å². The van der Waals surface area contributed by atoms with Crippen molar-refractivity contribution in [2.24, 2.45) is 5.92 Å². The molecule has 106 valence electrons. The van der Waals surface area contributed by atoms with E-state index < -0.39 is 5.92 Å². The molecule has 0 aliphatic heterocycles. The van der Waals surface area contributed by atoms with Crippen molar-refractivity contribution in [1.82, 2.24) is 5.32 Å². The third-order valence-electron chi connectivity index (χ3n) is 4.10. The van der Waals surface area contributed by atoms with Crippen molar-refractivity contribution in [2.45, 2.75) is 44.4 Å². The normalized spacial score (nSPS) is 17.1. The minimum Gasteiger partial charge on any atom is -0.355 e. The third-order valence-corrected chi connectivity index (χ3v) is 4.10. The molecule has 0 bridgehead atoms. The van der Waals surface area contributed by atoms with E-state index in [9.17, 15) is 10.1 Å². The molecule has 3 nitrogen and oxygen atoms in total. The van der Waals surface area contributed by atoms with Gasteiger partial charge in [-0.2, -0.15) is 5.26 Å². The van der Waals surface area contributed by atoms with Gasteiger partial charge in [0.2, 0.25) is 5.91 Å². The molecule has 1 N–H and O–H groups in total. The lowest BCUT2D eigenvalue weighted by atomic mass is 9.87. The second kappa shape index (κ2) is 7.69. The highest BCUT2D eigenvalue weighted by atomic mass is 16.1. The van der Waals surface area contributed by atoms with Crippen LogP contribution in [0, 0.1) is 17.2 Å². The van der Waals surface area contributed by atoms with Gasteiger partial charge < -0.3 is 5.32 Å². The molecule has 0 spiro atoms. The Morgan fingerprint density at radius 1 is 1.25 bits per heavy atom. The van der Waals surface area contributed by atoms with Crippen LogP contribution < -0.4 is 5.32 Å². The van der Waals surface area contributed by atoms with Crippen LogP contribution in [-0.2, 0) is 4.79 Å². The molecule has 1 aromatic rings. The molecule has 0 heterocycles. The first-order chi connectivity index (χ1) is 9.81. The maximum Gasteiger partial charge on any atom is 0.241 e. The van der Waals surface area contributed by atoms with Crippen molar-refractivity contribution in [1.29, 1.82) is 5.26 Å². The Kier molecular flexibility index (Phi) is 5.61. The molecule has 1 amide bonds. The van der Waals surface area contributed by atoms with Crippen molar-refractivity contribution >= 4 is 5.91 Å². The van der Waals surface area contributed by atoms with Gasteiger partial charge in [-0.3, -0.25) is 4.79 Å². The Hall–Kier alpha value is -1.82. The monoisotopic (exact) mass is 270 g/mol. The first-order valence-electron chi connectivity index (χ1n) is 7.53. The van der Waals surface area contributed by atoms with Gasteiger partial charge in [0.05, 0.1) is 6.07 Å². The van der Waals surface area contributed by atoms with Crippen LogP contribution in [0.15, 0.2) is 30.3 Å². The highest BCUT2D eigenvalue weighted by Gasteiger charge is 2.20. The first-order valence-corrected chi connectivity index (χ1v) is 7.53. The molecule has 1 unspecified atom stereocenters. The highest BCUT2D eigenvalue weighted by molar-refractivity contribution is 5.86. The summed E-state index contributed by atoms with van der Waals surface area (Å²) in [6.45, 7) is 0.689. The third kappa shape index (κ3) is 4.09. The second-order valence-corrected chi connectivity index (χ2v) is 5.56. The van der Waals surface area contributed by atoms with E-state index in [1.165, 1.54) is 32.1 Å². The Bertz CT molecular complexity index is 458. The zero-order valence-corrected chi connectivity index (χ0v) is 11.8. The Balaban J connectivity index is 1.80. The number of nitrogens with one attached hydrogen (secondary N) is 1. The van der Waals surface area contributed by atoms with Gasteiger partial charge in [-0.1, -0.05) is 62.4 Å². The zero-order chi connectivity index (χ0) is 14.2. The predicted octanol–water partition coefficient (Wildman–Crippen LogP) is 3.38. The van der Waals surface area contributed by atoms with Crippen LogP contribution in [0.1, 0.15) is 50.0 Å². The maximum absolute atomic E-state index is 12.1. The quantitative estimate of drug-likeness (QED) is 0.891. The largest absolute Gasteiger partial charge is 0.355 e. The van der Waals surface area contributed by atoms with Gasteiger partial charge in [0.1, 0.15) is 5.92 Å². The first kappa shape index (κ1) is 14.6. The Morgan fingerprint density at radius 3 is 2.60 bits per heavy atom. The van der Waals surface area contributed by atoms with Gasteiger partial charge in [-0.05, 0) is 17.9 Å². The number of rotatable bonds is 5. The minimum absolute atomic E-state index is 0.172. The molecule has 1 aliphatic carbocycles. The molecule has 1 saturated carbocycles. The molecule has 3 heteroatoms. The van der Waals surface area contributed by atoms with Crippen molar-refractivity contribution in [3.05, 3.63) is 35.9 Å². The van der Waals surface area contributed by atoms with Crippen molar-refractivity contribution in [3.8, 4) is 6.07 Å². The summed E-state index contributed by atoms with van der Waals surface area (Å²) in [4.78, 5) is 12.1. The summed E-state index contributed by atoms with van der Waals surface area (Å²) in [6.07, 6.45) is 7.62. The smallest absolute Gasteiger partial charge is 0.241 e. The molecule has 0 radical (unpaired) electrons. The van der Waals surface area contributed by atoms with E-state index in [2.05, 4.69) is 11.4 Å². The van der Waals surface area contributed by atoms with E-state index in [0.29, 0.717) is 6.54 Å². The summed E-state index contributed by atoms with van der Waals surface area (Å²) in [6, 6.07) is 11.4. The van der Waals surface area contributed by atoms with Crippen molar-refractivity contribution in [2.75, 3.05) is 6.54 Å². The molecular weight excluding hydrogens is 248 g/mol. The van der Waals surface area contributed by atoms with Crippen LogP contribution in [0.5, 0.6) is 0 Å². The van der Waals surface area contributed by atoms with Crippen LogP contribution in [0.2, 0.25) is 0 Å². The van der Waals surface area contributed by atoms with Gasteiger partial charge in [0.25, 0.3) is 0 Å². The Morgan fingerprint density at radius 2 is 1.95 bits per heavy atom. The lowest BCUT2D eigenvalue weighted by Crippen LogP contribution is -2.30. The average Bonchev–Trinajstić information content (AvgIpc) is 2.50. The number of carbonyl (C=O) groups is 1. The molecule has 0 aromatic heterocycles. The summed E-state index contributed by atoms with van der Waals surface area (Å²) in [5.41, 5.74) is 0.769. The fourth-order valence-electron chi connectivity index (χ4n) is 2.91. The number of amides is 1. The molecule has 1 aromatic carbocycles. The zero-order valence-electron chi connectivity index (χ0n) is 11.8. The van der Waals surface area contributed by atoms with Crippen LogP contribution >= 0.6 is 0 Å². The molecule has 20 heavy (non-hydrogen) atoms. The number of hydrogen-bond acceptors (Lipinski definition) is 2. The Labute approximate surface area is 121 Å². The summed E-state index contributed by atoms with van der Waals surface area (Å²) in [5.74, 6) is -0.113. The number of carbonyl (C=O) groups excluding carboxylic acids is 1. The van der Waals surface area contributed by atoms with E-state index in [-0.39, 0.29) is 5.91 Å². The predicted molar refractivity (Wildman–Crippen MR) is 79.0 cm³/mol. The standard InChI is InChI=1S/C17H22N2O/c18-13-16(15-9-5-2-6-10-15)17(20)19-12-11-14-7-3-1-4-8-14/h2,5-6,9-10,14,16H,1,3-4,7-8,11-12H2,(H,19,20). The summed E-state index contributed by atoms with van der Waals surface area (Å²) in [7, 11) is 0. The van der Waals surface area contributed by atoms with Gasteiger partial charge in [0, 0.05) is 6.54 Å². The molecule has 1 fully saturated rings. The maximum atomic E-state index is 12.1. The highest BCUT2D eigenvalue weighted by Crippen LogP contribution is 2.25. The van der Waals surface area contributed by atoms with Crippen LogP contribution in [0.25, 0.3) is 0 Å². The molecular formula is C17H22N2O. The lowest BCUT2D eigenvalue weighted by Gasteiger charge is -2.21. The fourth-order valence-corrected chi connectivity index (χ4v) is 2.91. The number of nitriles is 1. The second-order valence-electron chi connectivity index (χ2n) is 5.56. The van der Waals surface area contributed by atoms with Gasteiger partial charge in [-0.15, -0.1) is 0 Å². The SMILES string of the molecule is N#CC(C(=O)NCCC1CCCCC1)c1ccccc1. The fraction of sp³-hybridized carbons (Fsp3) is 0.529. The van der Waals surface area contributed by atoms with Crippen molar-refractivity contribution < 1.29 is 4.79 Å². The topological polar surface area (TPSA) is 52.9 Å². The summed E-state index contributed by atoms with van der Waals surface area (Å²) >= 11 is 0. The van der Waals surface area contributed by atoms with Gasteiger partial charge in [0.15, 0.2) is 0 Å². The van der Waals surface area contributed by atoms with E-state index in [1.807, 2.05) is 30.3 Å². The summed E-state index contributed by atoms with van der Waals surface area (Å²) < 4.78 is 0. The average molecular weight is 270 g/mol. The molecule has 1 atom stereocenters. The van der Waals surface area contributed by atoms with E-state index >= 15 is 0 Å². The van der Waals surface area contributed by atoms with E-state index in [4.69, 9.17) is 0 Å². The number of nitrogens with zero attached hydrogens (tertiary/aromatic N) is 1. The van der Waals surface area contributed by atoms with E-state index in [1.54, 1.807) is 0 Å².